The van der Waals surface area contributed by atoms with Gasteiger partial charge in [-0.15, -0.1) is 0 Å². The van der Waals surface area contributed by atoms with E-state index in [9.17, 15) is 0 Å². The van der Waals surface area contributed by atoms with E-state index in [1.54, 1.807) is 0 Å². The molecule has 0 saturated heterocycles. The molecule has 0 saturated carbocycles. The van der Waals surface area contributed by atoms with Crippen LogP contribution in [0.25, 0.3) is 162 Å². The molecule has 0 unspecified atom stereocenters. The van der Waals surface area contributed by atoms with Gasteiger partial charge in [0.05, 0.1) is 0 Å². The Morgan fingerprint density at radius 1 is 0.175 bits per heavy atom. The van der Waals surface area contributed by atoms with Gasteiger partial charge >= 0.3 is 0 Å². The Kier molecular flexibility index (Phi) is 6.30. The zero-order chi connectivity index (χ0) is 40.7. The normalized spacial score (nSPS) is 12.8. The van der Waals surface area contributed by atoms with Gasteiger partial charge in [0.25, 0.3) is 0 Å². The van der Waals surface area contributed by atoms with Crippen LogP contribution < -0.4 is 0 Å². The molecule has 16 rings (SSSR count). The highest BCUT2D eigenvalue weighted by atomic mass is 32.1. The van der Waals surface area contributed by atoms with Gasteiger partial charge in [-0.25, -0.2) is 0 Å². The van der Waals surface area contributed by atoms with Gasteiger partial charge in [0.2, 0.25) is 0 Å². The second-order valence-electron chi connectivity index (χ2n) is 17.7. The lowest BCUT2D eigenvalue weighted by molar-refractivity contribution is 1.80. The SMILES string of the molecule is c1ccc2cc3cc4c(cc3cc2c1)c1cscc1c1c4c2c3cscc3c3cc4cc5ccccc5cc4cc3c2c2c3cscc3c3cc4cc5ccccc5cc4cc3c12. The highest BCUT2D eigenvalue weighted by Gasteiger charge is 2.25. The largest absolute Gasteiger partial charge is 0.151 e. The third-order valence-corrected chi connectivity index (χ3v) is 16.7. The molecule has 3 heteroatoms. The summed E-state index contributed by atoms with van der Waals surface area (Å²) in [5.41, 5.74) is 0. The molecule has 13 aromatic carbocycles. The number of thiophene rings is 3. The van der Waals surface area contributed by atoms with Crippen molar-refractivity contribution in [3.8, 4) is 0 Å². The molecule has 288 valence electrons. The number of hydrogen-bond donors (Lipinski definition) is 0. The van der Waals surface area contributed by atoms with Gasteiger partial charge in [-0.2, -0.15) is 34.0 Å². The topological polar surface area (TPSA) is 0 Å². The number of hydrogen-bond acceptors (Lipinski definition) is 3. The summed E-state index contributed by atoms with van der Waals surface area (Å²) in [4.78, 5) is 0. The Hall–Kier alpha value is -7.14. The maximum absolute atomic E-state index is 2.53. The van der Waals surface area contributed by atoms with E-state index in [0.717, 1.165) is 0 Å². The molecule has 0 aliphatic rings. The molecule has 0 amide bonds. The monoisotopic (exact) mass is 846 g/mol. The molecule has 0 bridgehead atoms. The van der Waals surface area contributed by atoms with Crippen LogP contribution in [0.15, 0.2) is 178 Å². The van der Waals surface area contributed by atoms with Crippen LogP contribution in [0.2, 0.25) is 0 Å². The summed E-state index contributed by atoms with van der Waals surface area (Å²) in [5.74, 6) is 0. The van der Waals surface area contributed by atoms with Crippen LogP contribution in [0.4, 0.5) is 0 Å². The molecule has 0 radical (unpaired) electrons. The minimum atomic E-state index is 1.27. The summed E-state index contributed by atoms with van der Waals surface area (Å²) in [6.07, 6.45) is 0. The fourth-order valence-corrected chi connectivity index (χ4v) is 14.2. The van der Waals surface area contributed by atoms with Gasteiger partial charge in [-0.05, 0) is 218 Å². The molecule has 0 fully saturated rings. The van der Waals surface area contributed by atoms with E-state index in [0.29, 0.717) is 0 Å². The van der Waals surface area contributed by atoms with Gasteiger partial charge < -0.3 is 0 Å². The number of fused-ring (bicyclic) bond motifs is 27. The van der Waals surface area contributed by atoms with E-state index in [1.165, 1.54) is 162 Å². The standard InChI is InChI=1S/C60H30S3/c1-4-10-34-16-40-22-46-43(19-37(40)13-31(34)7-1)49-25-61-28-52(49)58-55(46)59-53-29-62-26-50(53)45-21-39-15-33-9-3-6-12-36(33)18-42(39)24-48(45)57(59)60-54-30-63-27-51(54)44-20-38-14-32-8-2-5-11-35(32)17-41(38)23-47(44)56(58)60/h1-30H. The van der Waals surface area contributed by atoms with Crippen LogP contribution in [0.1, 0.15) is 0 Å². The fourth-order valence-electron chi connectivity index (χ4n) is 11.7. The summed E-state index contributed by atoms with van der Waals surface area (Å²) >= 11 is 5.50. The van der Waals surface area contributed by atoms with E-state index in [1.807, 2.05) is 34.0 Å². The maximum Gasteiger partial charge on any atom is 0.00150 e. The quantitative estimate of drug-likeness (QED) is 0.105. The lowest BCUT2D eigenvalue weighted by Gasteiger charge is -2.21. The van der Waals surface area contributed by atoms with Crippen molar-refractivity contribution in [1.82, 2.24) is 0 Å². The van der Waals surface area contributed by atoms with Crippen molar-refractivity contribution in [2.24, 2.45) is 0 Å². The summed E-state index contributed by atoms with van der Waals surface area (Å²) in [5, 5.41) is 54.1. The average molecular weight is 847 g/mol. The van der Waals surface area contributed by atoms with Gasteiger partial charge in [0.15, 0.2) is 0 Å². The second kappa shape index (κ2) is 11.9. The minimum absolute atomic E-state index is 1.27. The molecule has 0 N–H and O–H groups in total. The zero-order valence-electron chi connectivity index (χ0n) is 33.5. The first-order chi connectivity index (χ1) is 31.2. The predicted octanol–water partition coefficient (Wildman–Crippen LogP) is 19.2. The van der Waals surface area contributed by atoms with E-state index >= 15 is 0 Å². The molecular weight excluding hydrogens is 817 g/mol. The van der Waals surface area contributed by atoms with Gasteiger partial charge in [-0.3, -0.25) is 0 Å². The fraction of sp³-hybridized carbons (Fsp3) is 0. The smallest absolute Gasteiger partial charge is 0.00150 e. The Bertz CT molecular complexity index is 4270. The molecule has 0 aliphatic heterocycles. The van der Waals surface area contributed by atoms with Crippen molar-refractivity contribution < 1.29 is 0 Å². The van der Waals surface area contributed by atoms with Crippen molar-refractivity contribution in [3.05, 3.63) is 178 Å². The third kappa shape index (κ3) is 4.34. The first-order valence-electron chi connectivity index (χ1n) is 21.6. The van der Waals surface area contributed by atoms with Gasteiger partial charge in [0.1, 0.15) is 0 Å². The van der Waals surface area contributed by atoms with Gasteiger partial charge in [-0.1, -0.05) is 72.8 Å². The molecule has 3 aromatic heterocycles. The summed E-state index contributed by atoms with van der Waals surface area (Å²) in [7, 11) is 0. The van der Waals surface area contributed by atoms with Crippen molar-refractivity contribution in [2.45, 2.75) is 0 Å². The first kappa shape index (κ1) is 33.5. The second-order valence-corrected chi connectivity index (χ2v) is 19.9. The maximum atomic E-state index is 2.53. The Morgan fingerprint density at radius 2 is 0.381 bits per heavy atom. The minimum Gasteiger partial charge on any atom is -0.151 e. The molecule has 3 heterocycles. The number of rotatable bonds is 0. The van der Waals surface area contributed by atoms with E-state index < -0.39 is 0 Å². The Balaban J connectivity index is 1.25. The Morgan fingerprint density at radius 3 is 0.635 bits per heavy atom. The molecule has 0 nitrogen and oxygen atoms in total. The molecule has 63 heavy (non-hydrogen) atoms. The van der Waals surface area contributed by atoms with Crippen LogP contribution in [0.5, 0.6) is 0 Å². The molecule has 0 spiro atoms. The van der Waals surface area contributed by atoms with Crippen LogP contribution >= 0.6 is 34.0 Å². The first-order valence-corrected chi connectivity index (χ1v) is 24.4. The highest BCUT2D eigenvalue weighted by Crippen LogP contribution is 2.54. The zero-order valence-corrected chi connectivity index (χ0v) is 36.0. The van der Waals surface area contributed by atoms with Crippen LogP contribution in [0, 0.1) is 0 Å². The summed E-state index contributed by atoms with van der Waals surface area (Å²) in [6, 6.07) is 55.9. The van der Waals surface area contributed by atoms with Crippen LogP contribution in [0.3, 0.4) is 0 Å². The lowest BCUT2D eigenvalue weighted by atomic mass is 9.81. The van der Waals surface area contributed by atoms with E-state index in [2.05, 4.69) is 178 Å². The van der Waals surface area contributed by atoms with Crippen molar-refractivity contribution in [1.29, 1.82) is 0 Å². The van der Waals surface area contributed by atoms with Crippen LogP contribution in [-0.2, 0) is 0 Å². The van der Waals surface area contributed by atoms with E-state index in [-0.39, 0.29) is 0 Å². The average Bonchev–Trinajstić information content (AvgIpc) is 4.13. The third-order valence-electron chi connectivity index (χ3n) is 14.5. The van der Waals surface area contributed by atoms with Crippen molar-refractivity contribution in [2.75, 3.05) is 0 Å². The molecule has 0 aliphatic carbocycles. The lowest BCUT2D eigenvalue weighted by Crippen LogP contribution is -1.92. The highest BCUT2D eigenvalue weighted by molar-refractivity contribution is 7.10. The Labute approximate surface area is 371 Å². The van der Waals surface area contributed by atoms with E-state index in [4.69, 9.17) is 0 Å². The van der Waals surface area contributed by atoms with Crippen LogP contribution in [-0.4, -0.2) is 0 Å². The summed E-state index contributed by atoms with van der Waals surface area (Å²) < 4.78 is 0. The summed E-state index contributed by atoms with van der Waals surface area (Å²) in [6.45, 7) is 0. The predicted molar refractivity (Wildman–Crippen MR) is 283 cm³/mol. The van der Waals surface area contributed by atoms with Crippen molar-refractivity contribution >= 4 is 196 Å². The van der Waals surface area contributed by atoms with Gasteiger partial charge in [0, 0.05) is 48.5 Å². The molecule has 0 atom stereocenters. The number of benzene rings is 13. The molecular formula is C60H30S3. The van der Waals surface area contributed by atoms with Crippen molar-refractivity contribution in [3.63, 3.8) is 0 Å². The molecule has 16 aromatic rings.